The van der Waals surface area contributed by atoms with Crippen LogP contribution < -0.4 is 0 Å². The first-order chi connectivity index (χ1) is 7.29. The molecule has 0 fully saturated rings. The van der Waals surface area contributed by atoms with Gasteiger partial charge in [0.25, 0.3) is 0 Å². The molecule has 0 heterocycles. The van der Waals surface area contributed by atoms with Crippen LogP contribution in [0.4, 0.5) is 0 Å². The SMILES string of the molecule is CCOCc1ccccc1C(=O)OCC. The van der Waals surface area contributed by atoms with Crippen molar-refractivity contribution in [2.45, 2.75) is 20.5 Å². The standard InChI is InChI=1S/C12H16O3/c1-3-14-9-10-7-5-6-8-11(10)12(13)15-4-2/h5-8H,3-4,9H2,1-2H3. The third-order valence-corrected chi connectivity index (χ3v) is 1.97. The van der Waals surface area contributed by atoms with Crippen LogP contribution in [-0.2, 0) is 16.1 Å². The Hall–Kier alpha value is -1.35. The Morgan fingerprint density at radius 1 is 1.20 bits per heavy atom. The Labute approximate surface area is 90.0 Å². The second kappa shape index (κ2) is 6.19. The topological polar surface area (TPSA) is 35.5 Å². The molecule has 1 aromatic rings. The van der Waals surface area contributed by atoms with Gasteiger partial charge in [-0.15, -0.1) is 0 Å². The smallest absolute Gasteiger partial charge is 0.338 e. The predicted molar refractivity (Wildman–Crippen MR) is 57.7 cm³/mol. The summed E-state index contributed by atoms with van der Waals surface area (Å²) in [7, 11) is 0. The van der Waals surface area contributed by atoms with E-state index in [0.717, 1.165) is 5.56 Å². The van der Waals surface area contributed by atoms with Crippen LogP contribution in [0.5, 0.6) is 0 Å². The number of esters is 1. The molecule has 3 nitrogen and oxygen atoms in total. The van der Waals surface area contributed by atoms with E-state index in [1.54, 1.807) is 13.0 Å². The summed E-state index contributed by atoms with van der Waals surface area (Å²) in [5.41, 5.74) is 1.46. The second-order valence-corrected chi connectivity index (χ2v) is 3.01. The highest BCUT2D eigenvalue weighted by Gasteiger charge is 2.10. The van der Waals surface area contributed by atoms with Gasteiger partial charge in [-0.05, 0) is 25.5 Å². The summed E-state index contributed by atoms with van der Waals surface area (Å²) in [6, 6.07) is 7.34. The van der Waals surface area contributed by atoms with E-state index in [-0.39, 0.29) is 5.97 Å². The lowest BCUT2D eigenvalue weighted by atomic mass is 10.1. The molecule has 0 N–H and O–H groups in total. The summed E-state index contributed by atoms with van der Waals surface area (Å²) in [5, 5.41) is 0. The van der Waals surface area contributed by atoms with E-state index >= 15 is 0 Å². The van der Waals surface area contributed by atoms with Crippen molar-refractivity contribution in [1.29, 1.82) is 0 Å². The van der Waals surface area contributed by atoms with Gasteiger partial charge >= 0.3 is 5.97 Å². The van der Waals surface area contributed by atoms with Crippen LogP contribution >= 0.6 is 0 Å². The third kappa shape index (κ3) is 3.36. The molecule has 3 heteroatoms. The quantitative estimate of drug-likeness (QED) is 0.697. The van der Waals surface area contributed by atoms with Gasteiger partial charge < -0.3 is 9.47 Å². The zero-order chi connectivity index (χ0) is 11.1. The molecule has 82 valence electrons. The first kappa shape index (κ1) is 11.7. The van der Waals surface area contributed by atoms with Crippen LogP contribution in [0.25, 0.3) is 0 Å². The molecule has 0 radical (unpaired) electrons. The zero-order valence-electron chi connectivity index (χ0n) is 9.16. The molecule has 0 amide bonds. The van der Waals surface area contributed by atoms with Crippen molar-refractivity contribution in [3.63, 3.8) is 0 Å². The molecule has 1 rings (SSSR count). The van der Waals surface area contributed by atoms with Gasteiger partial charge in [0, 0.05) is 6.61 Å². The lowest BCUT2D eigenvalue weighted by Gasteiger charge is -2.08. The van der Waals surface area contributed by atoms with Crippen molar-refractivity contribution in [3.05, 3.63) is 35.4 Å². The Bertz CT molecular complexity index is 320. The molecule has 0 saturated carbocycles. The first-order valence-corrected chi connectivity index (χ1v) is 5.12. The molecule has 0 bridgehead atoms. The van der Waals surface area contributed by atoms with Gasteiger partial charge in [-0.2, -0.15) is 0 Å². The Kier molecular flexibility index (Phi) is 4.84. The number of rotatable bonds is 5. The fourth-order valence-corrected chi connectivity index (χ4v) is 1.27. The van der Waals surface area contributed by atoms with Gasteiger partial charge in [0.15, 0.2) is 0 Å². The molecule has 0 spiro atoms. The molecule has 0 saturated heterocycles. The maximum atomic E-state index is 11.6. The van der Waals surface area contributed by atoms with Crippen LogP contribution in [0.3, 0.4) is 0 Å². The number of hydrogen-bond acceptors (Lipinski definition) is 3. The number of benzene rings is 1. The molecule has 0 aliphatic rings. The zero-order valence-corrected chi connectivity index (χ0v) is 9.16. The normalized spacial score (nSPS) is 10.0. The fourth-order valence-electron chi connectivity index (χ4n) is 1.27. The number of hydrogen-bond donors (Lipinski definition) is 0. The molecule has 0 aromatic heterocycles. The molecule has 0 aliphatic heterocycles. The Morgan fingerprint density at radius 2 is 1.93 bits per heavy atom. The van der Waals surface area contributed by atoms with Gasteiger partial charge in [0.05, 0.1) is 18.8 Å². The molecular weight excluding hydrogens is 192 g/mol. The minimum Gasteiger partial charge on any atom is -0.462 e. The van der Waals surface area contributed by atoms with Crippen LogP contribution in [0.15, 0.2) is 24.3 Å². The van der Waals surface area contributed by atoms with E-state index in [0.29, 0.717) is 25.4 Å². The summed E-state index contributed by atoms with van der Waals surface area (Å²) in [6.07, 6.45) is 0. The Balaban J connectivity index is 2.80. The average Bonchev–Trinajstić information content (AvgIpc) is 2.27. The van der Waals surface area contributed by atoms with Crippen LogP contribution in [-0.4, -0.2) is 19.2 Å². The fraction of sp³-hybridized carbons (Fsp3) is 0.417. The van der Waals surface area contributed by atoms with E-state index in [1.165, 1.54) is 0 Å². The molecule has 0 unspecified atom stereocenters. The minimum absolute atomic E-state index is 0.284. The highest BCUT2D eigenvalue weighted by Crippen LogP contribution is 2.11. The van der Waals surface area contributed by atoms with Gasteiger partial charge in [0.2, 0.25) is 0 Å². The summed E-state index contributed by atoms with van der Waals surface area (Å²) >= 11 is 0. The van der Waals surface area contributed by atoms with E-state index in [9.17, 15) is 4.79 Å². The minimum atomic E-state index is -0.284. The monoisotopic (exact) mass is 208 g/mol. The molecular formula is C12H16O3. The maximum Gasteiger partial charge on any atom is 0.338 e. The van der Waals surface area contributed by atoms with Crippen LogP contribution in [0, 0.1) is 0 Å². The van der Waals surface area contributed by atoms with Crippen molar-refractivity contribution in [3.8, 4) is 0 Å². The van der Waals surface area contributed by atoms with Crippen LogP contribution in [0.1, 0.15) is 29.8 Å². The maximum absolute atomic E-state index is 11.6. The number of carbonyl (C=O) groups excluding carboxylic acids is 1. The van der Waals surface area contributed by atoms with Crippen LogP contribution in [0.2, 0.25) is 0 Å². The molecule has 15 heavy (non-hydrogen) atoms. The molecule has 0 aliphatic carbocycles. The molecule has 1 aromatic carbocycles. The summed E-state index contributed by atoms with van der Waals surface area (Å²) < 4.78 is 10.2. The van der Waals surface area contributed by atoms with E-state index in [1.807, 2.05) is 25.1 Å². The van der Waals surface area contributed by atoms with Gasteiger partial charge in [-0.25, -0.2) is 4.79 Å². The van der Waals surface area contributed by atoms with Gasteiger partial charge in [0.1, 0.15) is 0 Å². The van der Waals surface area contributed by atoms with E-state index in [2.05, 4.69) is 0 Å². The lowest BCUT2D eigenvalue weighted by Crippen LogP contribution is -2.08. The van der Waals surface area contributed by atoms with Crippen molar-refractivity contribution < 1.29 is 14.3 Å². The largest absolute Gasteiger partial charge is 0.462 e. The predicted octanol–water partition coefficient (Wildman–Crippen LogP) is 2.40. The first-order valence-electron chi connectivity index (χ1n) is 5.12. The Morgan fingerprint density at radius 3 is 2.60 bits per heavy atom. The van der Waals surface area contributed by atoms with E-state index < -0.39 is 0 Å². The average molecular weight is 208 g/mol. The number of ether oxygens (including phenoxy) is 2. The number of carbonyl (C=O) groups is 1. The third-order valence-electron chi connectivity index (χ3n) is 1.97. The summed E-state index contributed by atoms with van der Waals surface area (Å²) in [6.45, 7) is 5.19. The highest BCUT2D eigenvalue weighted by atomic mass is 16.5. The van der Waals surface area contributed by atoms with Gasteiger partial charge in [-0.3, -0.25) is 0 Å². The van der Waals surface area contributed by atoms with Crippen molar-refractivity contribution in [2.24, 2.45) is 0 Å². The summed E-state index contributed by atoms with van der Waals surface area (Å²) in [5.74, 6) is -0.284. The van der Waals surface area contributed by atoms with Crippen molar-refractivity contribution >= 4 is 5.97 Å². The van der Waals surface area contributed by atoms with E-state index in [4.69, 9.17) is 9.47 Å². The summed E-state index contributed by atoms with van der Waals surface area (Å²) in [4.78, 5) is 11.6. The van der Waals surface area contributed by atoms with Crippen molar-refractivity contribution in [1.82, 2.24) is 0 Å². The highest BCUT2D eigenvalue weighted by molar-refractivity contribution is 5.91. The second-order valence-electron chi connectivity index (χ2n) is 3.01. The molecule has 0 atom stereocenters. The van der Waals surface area contributed by atoms with Crippen molar-refractivity contribution in [2.75, 3.05) is 13.2 Å². The van der Waals surface area contributed by atoms with Gasteiger partial charge in [-0.1, -0.05) is 18.2 Å². The lowest BCUT2D eigenvalue weighted by molar-refractivity contribution is 0.0519.